The second-order valence-electron chi connectivity index (χ2n) is 4.60. The van der Waals surface area contributed by atoms with Crippen LogP contribution in [-0.2, 0) is 16.1 Å². The summed E-state index contributed by atoms with van der Waals surface area (Å²) in [5, 5.41) is 3.25. The minimum absolute atomic E-state index is 0.0351. The van der Waals surface area contributed by atoms with Gasteiger partial charge in [0.1, 0.15) is 24.3 Å². The lowest BCUT2D eigenvalue weighted by atomic mass is 10.1. The highest BCUT2D eigenvalue weighted by atomic mass is 19.1. The Kier molecular flexibility index (Phi) is 4.74. The molecule has 4 nitrogen and oxygen atoms in total. The Bertz CT molecular complexity index is 444. The zero-order valence-electron chi connectivity index (χ0n) is 10.9. The molecule has 19 heavy (non-hydrogen) atoms. The van der Waals surface area contributed by atoms with Gasteiger partial charge in [0.15, 0.2) is 0 Å². The molecular formula is C14H18FNO3. The summed E-state index contributed by atoms with van der Waals surface area (Å²) >= 11 is 0. The summed E-state index contributed by atoms with van der Waals surface area (Å²) in [6.07, 6.45) is 1.97. The van der Waals surface area contributed by atoms with Gasteiger partial charge in [-0.3, -0.25) is 4.79 Å². The molecule has 1 aromatic carbocycles. The molecule has 0 atom stereocenters. The topological polar surface area (TPSA) is 47.6 Å². The van der Waals surface area contributed by atoms with Crippen molar-refractivity contribution in [2.45, 2.75) is 32.5 Å². The van der Waals surface area contributed by atoms with Gasteiger partial charge in [0, 0.05) is 12.5 Å². The number of carbonyl (C=O) groups is 1. The summed E-state index contributed by atoms with van der Waals surface area (Å²) in [5.41, 5.74) is 0.564. The number of ether oxygens (including phenoxy) is 2. The number of esters is 1. The van der Waals surface area contributed by atoms with Crippen molar-refractivity contribution >= 4 is 5.97 Å². The molecular weight excluding hydrogens is 249 g/mol. The van der Waals surface area contributed by atoms with Gasteiger partial charge < -0.3 is 14.8 Å². The van der Waals surface area contributed by atoms with Gasteiger partial charge in [0.25, 0.3) is 0 Å². The van der Waals surface area contributed by atoms with E-state index in [1.54, 1.807) is 6.07 Å². The molecule has 0 spiro atoms. The molecule has 1 aliphatic heterocycles. The summed E-state index contributed by atoms with van der Waals surface area (Å²) in [4.78, 5) is 10.8. The van der Waals surface area contributed by atoms with E-state index in [1.807, 2.05) is 0 Å². The molecule has 1 aliphatic rings. The Morgan fingerprint density at radius 1 is 1.42 bits per heavy atom. The van der Waals surface area contributed by atoms with Crippen LogP contribution in [0.15, 0.2) is 18.2 Å². The normalized spacial score (nSPS) is 16.1. The van der Waals surface area contributed by atoms with Gasteiger partial charge in [-0.1, -0.05) is 0 Å². The molecule has 1 heterocycles. The van der Waals surface area contributed by atoms with E-state index in [4.69, 9.17) is 9.47 Å². The molecule has 0 amide bonds. The summed E-state index contributed by atoms with van der Waals surface area (Å²) in [6.45, 7) is 3.20. The van der Waals surface area contributed by atoms with Gasteiger partial charge in [-0.2, -0.15) is 0 Å². The highest BCUT2D eigenvalue weighted by Gasteiger charge is 2.16. The SMILES string of the molecule is CC(=O)OCc1cc(F)ccc1OC1CCNCC1. The summed E-state index contributed by atoms with van der Waals surface area (Å²) in [7, 11) is 0. The van der Waals surface area contributed by atoms with Crippen molar-refractivity contribution in [1.82, 2.24) is 5.32 Å². The van der Waals surface area contributed by atoms with Crippen LogP contribution >= 0.6 is 0 Å². The summed E-state index contributed by atoms with van der Waals surface area (Å²) < 4.78 is 24.0. The summed E-state index contributed by atoms with van der Waals surface area (Å²) in [5.74, 6) is -0.161. The van der Waals surface area contributed by atoms with Crippen molar-refractivity contribution in [1.29, 1.82) is 0 Å². The highest BCUT2D eigenvalue weighted by molar-refractivity contribution is 5.66. The van der Waals surface area contributed by atoms with Crippen LogP contribution < -0.4 is 10.1 Å². The number of hydrogen-bond acceptors (Lipinski definition) is 4. The van der Waals surface area contributed by atoms with E-state index in [-0.39, 0.29) is 18.5 Å². The van der Waals surface area contributed by atoms with Crippen molar-refractivity contribution in [3.63, 3.8) is 0 Å². The highest BCUT2D eigenvalue weighted by Crippen LogP contribution is 2.24. The number of piperidine rings is 1. The third kappa shape index (κ3) is 4.21. The fraction of sp³-hybridized carbons (Fsp3) is 0.500. The molecule has 5 heteroatoms. The Balaban J connectivity index is 2.06. The van der Waals surface area contributed by atoms with Crippen molar-refractivity contribution in [3.05, 3.63) is 29.6 Å². The van der Waals surface area contributed by atoms with E-state index in [0.29, 0.717) is 11.3 Å². The maximum Gasteiger partial charge on any atom is 0.302 e. The van der Waals surface area contributed by atoms with E-state index in [0.717, 1.165) is 25.9 Å². The van der Waals surface area contributed by atoms with Crippen LogP contribution in [0.2, 0.25) is 0 Å². The molecule has 1 aromatic rings. The molecule has 1 saturated heterocycles. The Hall–Kier alpha value is -1.62. The number of halogens is 1. The smallest absolute Gasteiger partial charge is 0.302 e. The van der Waals surface area contributed by atoms with Gasteiger partial charge in [-0.15, -0.1) is 0 Å². The number of nitrogens with one attached hydrogen (secondary N) is 1. The zero-order valence-corrected chi connectivity index (χ0v) is 10.9. The van der Waals surface area contributed by atoms with Gasteiger partial charge in [-0.25, -0.2) is 4.39 Å². The van der Waals surface area contributed by atoms with Gasteiger partial charge in [0.2, 0.25) is 0 Å². The molecule has 0 radical (unpaired) electrons. The Morgan fingerprint density at radius 3 is 2.84 bits per heavy atom. The average molecular weight is 267 g/mol. The standard InChI is InChI=1S/C14H18FNO3/c1-10(17)18-9-11-8-12(15)2-3-14(11)19-13-4-6-16-7-5-13/h2-3,8,13,16H,4-7,9H2,1H3. The molecule has 1 fully saturated rings. The number of benzene rings is 1. The zero-order chi connectivity index (χ0) is 13.7. The second kappa shape index (κ2) is 6.52. The van der Waals surface area contributed by atoms with E-state index in [1.165, 1.54) is 19.1 Å². The van der Waals surface area contributed by atoms with Crippen LogP contribution in [0.4, 0.5) is 4.39 Å². The van der Waals surface area contributed by atoms with Crippen LogP contribution in [0.25, 0.3) is 0 Å². The molecule has 2 rings (SSSR count). The van der Waals surface area contributed by atoms with E-state index >= 15 is 0 Å². The predicted octanol–water partition coefficient (Wildman–Crippen LogP) is 2.02. The second-order valence-corrected chi connectivity index (χ2v) is 4.60. The third-order valence-corrected chi connectivity index (χ3v) is 3.03. The molecule has 0 aliphatic carbocycles. The maximum absolute atomic E-state index is 13.2. The van der Waals surface area contributed by atoms with Crippen LogP contribution in [0.5, 0.6) is 5.75 Å². The van der Waals surface area contributed by atoms with E-state index < -0.39 is 5.97 Å². The average Bonchev–Trinajstić information content (AvgIpc) is 2.40. The molecule has 104 valence electrons. The van der Waals surface area contributed by atoms with Crippen LogP contribution in [0, 0.1) is 5.82 Å². The van der Waals surface area contributed by atoms with Gasteiger partial charge in [0.05, 0.1) is 0 Å². The quantitative estimate of drug-likeness (QED) is 0.848. The molecule has 1 N–H and O–H groups in total. The predicted molar refractivity (Wildman–Crippen MR) is 68.4 cm³/mol. The Morgan fingerprint density at radius 2 is 2.16 bits per heavy atom. The van der Waals surface area contributed by atoms with Crippen molar-refractivity contribution in [2.24, 2.45) is 0 Å². The van der Waals surface area contributed by atoms with Crippen LogP contribution in [-0.4, -0.2) is 25.2 Å². The first-order valence-corrected chi connectivity index (χ1v) is 6.44. The van der Waals surface area contributed by atoms with Gasteiger partial charge >= 0.3 is 5.97 Å². The first kappa shape index (κ1) is 13.8. The summed E-state index contributed by atoms with van der Waals surface area (Å²) in [6, 6.07) is 4.29. The lowest BCUT2D eigenvalue weighted by Gasteiger charge is -2.25. The van der Waals surface area contributed by atoms with Crippen LogP contribution in [0.3, 0.4) is 0 Å². The number of carbonyl (C=O) groups excluding carboxylic acids is 1. The molecule has 0 aromatic heterocycles. The molecule has 0 saturated carbocycles. The van der Waals surface area contributed by atoms with Crippen molar-refractivity contribution in [2.75, 3.05) is 13.1 Å². The van der Waals surface area contributed by atoms with E-state index in [9.17, 15) is 9.18 Å². The maximum atomic E-state index is 13.2. The number of hydrogen-bond donors (Lipinski definition) is 1. The number of rotatable bonds is 4. The Labute approximate surface area is 111 Å². The monoisotopic (exact) mass is 267 g/mol. The molecule has 0 unspecified atom stereocenters. The lowest BCUT2D eigenvalue weighted by molar-refractivity contribution is -0.142. The minimum atomic E-state index is -0.392. The first-order valence-electron chi connectivity index (χ1n) is 6.44. The van der Waals surface area contributed by atoms with Crippen LogP contribution in [0.1, 0.15) is 25.3 Å². The van der Waals surface area contributed by atoms with Crippen molar-refractivity contribution in [3.8, 4) is 5.75 Å². The molecule has 0 bridgehead atoms. The minimum Gasteiger partial charge on any atom is -0.490 e. The van der Waals surface area contributed by atoms with Gasteiger partial charge in [-0.05, 0) is 44.1 Å². The van der Waals surface area contributed by atoms with Crippen molar-refractivity contribution < 1.29 is 18.7 Å². The fourth-order valence-corrected chi connectivity index (χ4v) is 2.05. The largest absolute Gasteiger partial charge is 0.490 e. The lowest BCUT2D eigenvalue weighted by Crippen LogP contribution is -2.34. The van der Waals surface area contributed by atoms with E-state index in [2.05, 4.69) is 5.32 Å². The third-order valence-electron chi connectivity index (χ3n) is 3.03. The fourth-order valence-electron chi connectivity index (χ4n) is 2.05. The first-order chi connectivity index (χ1) is 9.15.